The zero-order valence-corrected chi connectivity index (χ0v) is 16.3. The summed E-state index contributed by atoms with van der Waals surface area (Å²) in [7, 11) is 0. The highest BCUT2D eigenvalue weighted by Gasteiger charge is 2.35. The molecule has 2 fully saturated rings. The number of amides is 2. The van der Waals surface area contributed by atoms with Crippen LogP contribution in [0.15, 0.2) is 41.3 Å². The maximum atomic E-state index is 12.7. The van der Waals surface area contributed by atoms with E-state index in [0.29, 0.717) is 10.9 Å². The van der Waals surface area contributed by atoms with Crippen molar-refractivity contribution in [3.63, 3.8) is 0 Å². The van der Waals surface area contributed by atoms with E-state index in [-0.39, 0.29) is 24.3 Å². The number of nitrogens with zero attached hydrogens (tertiary/aromatic N) is 2. The van der Waals surface area contributed by atoms with Crippen molar-refractivity contribution < 1.29 is 14.3 Å². The molecule has 0 radical (unpaired) electrons. The summed E-state index contributed by atoms with van der Waals surface area (Å²) >= 11 is 1.00. The molecule has 4 rings (SSSR count). The van der Waals surface area contributed by atoms with Crippen molar-refractivity contribution >= 4 is 29.0 Å². The van der Waals surface area contributed by atoms with Crippen LogP contribution in [0.1, 0.15) is 35.8 Å². The molecule has 27 heavy (non-hydrogen) atoms. The van der Waals surface area contributed by atoms with E-state index >= 15 is 0 Å². The Balaban J connectivity index is 1.44. The van der Waals surface area contributed by atoms with Gasteiger partial charge >= 0.3 is 0 Å². The van der Waals surface area contributed by atoms with Crippen LogP contribution in [0.5, 0.6) is 5.75 Å². The smallest absolute Gasteiger partial charge is 0.293 e. The molecule has 5 nitrogen and oxygen atoms in total. The molecule has 1 saturated carbocycles. The van der Waals surface area contributed by atoms with E-state index < -0.39 is 0 Å². The lowest BCUT2D eigenvalue weighted by Crippen LogP contribution is -2.32. The third kappa shape index (κ3) is 3.67. The molecule has 2 heterocycles. The number of hydrogen-bond acceptors (Lipinski definition) is 4. The molecular formula is C21H22N2O3S. The number of benzene rings is 1. The second-order valence-electron chi connectivity index (χ2n) is 6.92. The Kier molecular flexibility index (Phi) is 4.83. The van der Waals surface area contributed by atoms with Gasteiger partial charge in [0.1, 0.15) is 12.4 Å². The minimum absolute atomic E-state index is 0.237. The molecule has 0 spiro atoms. The van der Waals surface area contributed by atoms with Crippen LogP contribution in [0.25, 0.3) is 6.08 Å². The van der Waals surface area contributed by atoms with Gasteiger partial charge in [0.25, 0.3) is 11.1 Å². The number of thioether (sulfide) groups is 1. The number of imide groups is 1. The van der Waals surface area contributed by atoms with Crippen LogP contribution in [-0.4, -0.2) is 33.8 Å². The van der Waals surface area contributed by atoms with E-state index in [0.717, 1.165) is 28.8 Å². The first-order valence-corrected chi connectivity index (χ1v) is 9.98. The standard InChI is InChI=1S/C21H22N2O3S/c1-14-12-16(15(2)23(14)17-8-9-17)13-19-20(24)22(21(25)27-19)10-11-26-18-6-4-3-5-7-18/h3-7,12-13,17H,8-11H2,1-2H3/b19-13-. The third-order valence-corrected chi connectivity index (χ3v) is 5.83. The van der Waals surface area contributed by atoms with Crippen molar-refractivity contribution in [1.82, 2.24) is 9.47 Å². The van der Waals surface area contributed by atoms with Crippen LogP contribution in [0, 0.1) is 13.8 Å². The van der Waals surface area contributed by atoms with E-state index in [9.17, 15) is 9.59 Å². The normalized spacial score (nSPS) is 18.6. The van der Waals surface area contributed by atoms with Crippen molar-refractivity contribution in [1.29, 1.82) is 0 Å². The Labute approximate surface area is 163 Å². The molecule has 0 N–H and O–H groups in total. The Bertz CT molecular complexity index is 913. The summed E-state index contributed by atoms with van der Waals surface area (Å²) in [4.78, 5) is 26.7. The van der Waals surface area contributed by atoms with Crippen molar-refractivity contribution in [2.45, 2.75) is 32.7 Å². The minimum atomic E-state index is -0.238. The Morgan fingerprint density at radius 1 is 1.19 bits per heavy atom. The van der Waals surface area contributed by atoms with Gasteiger partial charge in [-0.2, -0.15) is 0 Å². The molecule has 140 valence electrons. The van der Waals surface area contributed by atoms with Crippen molar-refractivity contribution in [3.8, 4) is 5.75 Å². The number of hydrogen-bond donors (Lipinski definition) is 0. The van der Waals surface area contributed by atoms with E-state index in [4.69, 9.17) is 4.74 Å². The fourth-order valence-electron chi connectivity index (χ4n) is 3.45. The van der Waals surface area contributed by atoms with Crippen molar-refractivity contribution in [3.05, 3.63) is 58.3 Å². The summed E-state index contributed by atoms with van der Waals surface area (Å²) in [6.45, 7) is 4.70. The molecule has 1 saturated heterocycles. The predicted molar refractivity (Wildman–Crippen MR) is 107 cm³/mol. The molecule has 1 aromatic heterocycles. The van der Waals surface area contributed by atoms with Gasteiger partial charge in [0.2, 0.25) is 0 Å². The van der Waals surface area contributed by atoms with Crippen LogP contribution in [0.3, 0.4) is 0 Å². The fourth-order valence-corrected chi connectivity index (χ4v) is 4.30. The number of carbonyl (C=O) groups is 2. The minimum Gasteiger partial charge on any atom is -0.492 e. The third-order valence-electron chi connectivity index (χ3n) is 4.92. The van der Waals surface area contributed by atoms with E-state index in [2.05, 4.69) is 24.5 Å². The molecule has 1 aliphatic heterocycles. The molecular weight excluding hydrogens is 360 g/mol. The molecule has 1 aliphatic carbocycles. The summed E-state index contributed by atoms with van der Waals surface area (Å²) in [5.41, 5.74) is 3.39. The number of aryl methyl sites for hydroxylation is 1. The van der Waals surface area contributed by atoms with Crippen LogP contribution in [0.2, 0.25) is 0 Å². The molecule has 6 heteroatoms. The zero-order valence-electron chi connectivity index (χ0n) is 15.5. The van der Waals surface area contributed by atoms with Gasteiger partial charge in [0, 0.05) is 17.4 Å². The van der Waals surface area contributed by atoms with Crippen LogP contribution >= 0.6 is 11.8 Å². The Hall–Kier alpha value is -2.47. The van der Waals surface area contributed by atoms with Gasteiger partial charge in [-0.1, -0.05) is 18.2 Å². The van der Waals surface area contributed by atoms with Gasteiger partial charge < -0.3 is 9.30 Å². The van der Waals surface area contributed by atoms with Crippen molar-refractivity contribution in [2.75, 3.05) is 13.2 Å². The van der Waals surface area contributed by atoms with Gasteiger partial charge in [-0.15, -0.1) is 0 Å². The second kappa shape index (κ2) is 7.27. The first kappa shape index (κ1) is 17.9. The Morgan fingerprint density at radius 3 is 2.63 bits per heavy atom. The average Bonchev–Trinajstić information content (AvgIpc) is 3.39. The number of para-hydroxylation sites is 1. The average molecular weight is 382 g/mol. The monoisotopic (exact) mass is 382 g/mol. The lowest BCUT2D eigenvalue weighted by atomic mass is 10.2. The van der Waals surface area contributed by atoms with E-state index in [1.54, 1.807) is 0 Å². The highest BCUT2D eigenvalue weighted by atomic mass is 32.2. The largest absolute Gasteiger partial charge is 0.492 e. The van der Waals surface area contributed by atoms with Crippen LogP contribution < -0.4 is 4.74 Å². The number of aromatic nitrogens is 1. The maximum absolute atomic E-state index is 12.7. The Morgan fingerprint density at radius 2 is 1.93 bits per heavy atom. The summed E-state index contributed by atoms with van der Waals surface area (Å²) in [5.74, 6) is 0.491. The fraction of sp³-hybridized carbons (Fsp3) is 0.333. The van der Waals surface area contributed by atoms with Crippen LogP contribution in [0.4, 0.5) is 4.79 Å². The highest BCUT2D eigenvalue weighted by molar-refractivity contribution is 8.18. The van der Waals surface area contributed by atoms with Gasteiger partial charge in [-0.3, -0.25) is 14.5 Å². The summed E-state index contributed by atoms with van der Waals surface area (Å²) in [5, 5.41) is -0.237. The second-order valence-corrected chi connectivity index (χ2v) is 7.92. The first-order chi connectivity index (χ1) is 13.0. The summed E-state index contributed by atoms with van der Waals surface area (Å²) in [6.07, 6.45) is 4.28. The molecule has 0 bridgehead atoms. The highest BCUT2D eigenvalue weighted by Crippen LogP contribution is 2.39. The SMILES string of the molecule is Cc1cc(/C=C2\SC(=O)N(CCOc3ccccc3)C2=O)c(C)n1C1CC1. The molecule has 1 aromatic carbocycles. The summed E-state index contributed by atoms with van der Waals surface area (Å²) in [6, 6.07) is 12.1. The molecule has 2 amide bonds. The number of rotatable bonds is 6. The zero-order chi connectivity index (χ0) is 19.0. The number of ether oxygens (including phenoxy) is 1. The van der Waals surface area contributed by atoms with E-state index in [1.807, 2.05) is 36.4 Å². The predicted octanol–water partition coefficient (Wildman–Crippen LogP) is 4.56. The van der Waals surface area contributed by atoms with Gasteiger partial charge in [0.15, 0.2) is 0 Å². The van der Waals surface area contributed by atoms with Gasteiger partial charge in [0.05, 0.1) is 11.4 Å². The van der Waals surface area contributed by atoms with Gasteiger partial charge in [-0.25, -0.2) is 0 Å². The molecule has 0 unspecified atom stereocenters. The van der Waals surface area contributed by atoms with Gasteiger partial charge in [-0.05, 0) is 68.3 Å². The van der Waals surface area contributed by atoms with Crippen LogP contribution in [-0.2, 0) is 4.79 Å². The summed E-state index contributed by atoms with van der Waals surface area (Å²) < 4.78 is 7.95. The molecule has 2 aromatic rings. The molecule has 2 aliphatic rings. The van der Waals surface area contributed by atoms with Crippen molar-refractivity contribution in [2.24, 2.45) is 0 Å². The topological polar surface area (TPSA) is 51.5 Å². The number of carbonyl (C=O) groups excluding carboxylic acids is 2. The molecule has 0 atom stereocenters. The lowest BCUT2D eigenvalue weighted by molar-refractivity contribution is -0.123. The quantitative estimate of drug-likeness (QED) is 0.688. The first-order valence-electron chi connectivity index (χ1n) is 9.16. The van der Waals surface area contributed by atoms with E-state index in [1.165, 1.54) is 23.4 Å². The lowest BCUT2D eigenvalue weighted by Gasteiger charge is -2.13. The maximum Gasteiger partial charge on any atom is 0.293 e.